The van der Waals surface area contributed by atoms with Gasteiger partial charge in [-0.15, -0.1) is 12.4 Å². The number of anilines is 1. The molecule has 0 unspecified atom stereocenters. The Balaban J connectivity index is 0.00000240. The van der Waals surface area contributed by atoms with Gasteiger partial charge in [0, 0.05) is 28.8 Å². The highest BCUT2D eigenvalue weighted by Gasteiger charge is 2.24. The Morgan fingerprint density at radius 3 is 2.52 bits per heavy atom. The molecule has 0 fully saturated rings. The molecule has 154 valence electrons. The lowest BCUT2D eigenvalue weighted by Gasteiger charge is -2.22. The number of rotatable bonds is 5. The van der Waals surface area contributed by atoms with E-state index in [9.17, 15) is 4.79 Å². The first-order chi connectivity index (χ1) is 13.5. The summed E-state index contributed by atoms with van der Waals surface area (Å²) in [5.41, 5.74) is 1.50. The fourth-order valence-corrected chi connectivity index (χ4v) is 4.55. The van der Waals surface area contributed by atoms with Crippen molar-refractivity contribution in [3.05, 3.63) is 45.5 Å². The highest BCUT2D eigenvalue weighted by atomic mass is 127. The molecule has 0 saturated carbocycles. The number of carbonyl (C=O) groups is 1. The summed E-state index contributed by atoms with van der Waals surface area (Å²) < 4.78 is 13.2. The molecule has 0 atom stereocenters. The molecule has 29 heavy (non-hydrogen) atoms. The second-order valence-corrected chi connectivity index (χ2v) is 8.87. The summed E-state index contributed by atoms with van der Waals surface area (Å²) in [6.07, 6.45) is 0. The summed E-state index contributed by atoms with van der Waals surface area (Å²) in [7, 11) is 3.99. The minimum absolute atomic E-state index is 0. The molecule has 0 radical (unpaired) electrons. The molecular formula is C20H21ClIN3O3S. The molecular weight excluding hydrogens is 525 g/mol. The van der Waals surface area contributed by atoms with E-state index in [0.29, 0.717) is 36.2 Å². The molecule has 1 amide bonds. The highest BCUT2D eigenvalue weighted by molar-refractivity contribution is 14.1. The van der Waals surface area contributed by atoms with E-state index in [0.717, 1.165) is 26.1 Å². The SMILES string of the molecule is CN(C)CCN(C(=O)c1ccccc1I)c1nc2cc3c(cc2s1)OCCO3.Cl. The van der Waals surface area contributed by atoms with Crippen LogP contribution in [0.3, 0.4) is 0 Å². The van der Waals surface area contributed by atoms with Crippen LogP contribution in [0.1, 0.15) is 10.4 Å². The number of amides is 1. The third-order valence-corrected chi connectivity index (χ3v) is 6.37. The molecule has 1 aliphatic heterocycles. The van der Waals surface area contributed by atoms with Gasteiger partial charge < -0.3 is 14.4 Å². The molecule has 9 heteroatoms. The predicted molar refractivity (Wildman–Crippen MR) is 127 cm³/mol. The zero-order valence-corrected chi connectivity index (χ0v) is 19.8. The van der Waals surface area contributed by atoms with Gasteiger partial charge in [-0.2, -0.15) is 0 Å². The second kappa shape index (κ2) is 9.46. The number of hydrogen-bond acceptors (Lipinski definition) is 6. The van der Waals surface area contributed by atoms with Crippen LogP contribution >= 0.6 is 46.3 Å². The van der Waals surface area contributed by atoms with E-state index in [1.807, 2.05) is 50.5 Å². The number of hydrogen-bond donors (Lipinski definition) is 0. The van der Waals surface area contributed by atoms with E-state index < -0.39 is 0 Å². The van der Waals surface area contributed by atoms with Crippen LogP contribution in [0.4, 0.5) is 5.13 Å². The molecule has 1 aromatic heterocycles. The van der Waals surface area contributed by atoms with Gasteiger partial charge in [0.1, 0.15) is 13.2 Å². The average Bonchev–Trinajstić information content (AvgIpc) is 3.08. The molecule has 0 spiro atoms. The predicted octanol–water partition coefficient (Wildman–Crippen LogP) is 4.30. The Bertz CT molecular complexity index is 984. The third-order valence-electron chi connectivity index (χ3n) is 4.39. The molecule has 4 rings (SSSR count). The summed E-state index contributed by atoms with van der Waals surface area (Å²) in [4.78, 5) is 21.9. The lowest BCUT2D eigenvalue weighted by Crippen LogP contribution is -2.37. The number of nitrogens with zero attached hydrogens (tertiary/aromatic N) is 3. The Hall–Kier alpha value is -1.62. The van der Waals surface area contributed by atoms with Crippen molar-refractivity contribution >= 4 is 67.6 Å². The number of halogens is 2. The van der Waals surface area contributed by atoms with Gasteiger partial charge in [0.2, 0.25) is 0 Å². The average molecular weight is 546 g/mol. The Kier molecular flexibility index (Phi) is 7.20. The zero-order chi connectivity index (χ0) is 19.7. The zero-order valence-electron chi connectivity index (χ0n) is 16.1. The lowest BCUT2D eigenvalue weighted by atomic mass is 10.2. The van der Waals surface area contributed by atoms with E-state index in [1.165, 1.54) is 11.3 Å². The first-order valence-corrected chi connectivity index (χ1v) is 10.8. The number of aromatic nitrogens is 1. The van der Waals surface area contributed by atoms with Crippen molar-refractivity contribution in [1.82, 2.24) is 9.88 Å². The Morgan fingerprint density at radius 2 is 1.83 bits per heavy atom. The second-order valence-electron chi connectivity index (χ2n) is 6.70. The number of thiazole rings is 1. The van der Waals surface area contributed by atoms with Crippen molar-refractivity contribution in [2.75, 3.05) is 45.3 Å². The highest BCUT2D eigenvalue weighted by Crippen LogP contribution is 2.39. The maximum Gasteiger partial charge on any atom is 0.261 e. The normalized spacial score (nSPS) is 12.7. The number of ether oxygens (including phenoxy) is 2. The topological polar surface area (TPSA) is 54.9 Å². The van der Waals surface area contributed by atoms with E-state index in [4.69, 9.17) is 14.5 Å². The minimum atomic E-state index is -0.0387. The minimum Gasteiger partial charge on any atom is -0.486 e. The molecule has 0 saturated heterocycles. The number of fused-ring (bicyclic) bond motifs is 2. The number of carbonyl (C=O) groups excluding carboxylic acids is 1. The van der Waals surface area contributed by atoms with Gasteiger partial charge in [-0.3, -0.25) is 9.69 Å². The standard InChI is InChI=1S/C20H20IN3O3S.ClH/c1-23(2)7-8-24(19(25)13-5-3-4-6-14(13)21)20-22-15-11-16-17(12-18(15)28-20)27-10-9-26-16;/h3-6,11-12H,7-10H2,1-2H3;1H. The fourth-order valence-electron chi connectivity index (χ4n) is 2.93. The van der Waals surface area contributed by atoms with Crippen molar-refractivity contribution in [2.45, 2.75) is 0 Å². The first kappa shape index (κ1) is 22.1. The van der Waals surface area contributed by atoms with Crippen LogP contribution in [0.5, 0.6) is 11.5 Å². The number of likely N-dealkylation sites (N-methyl/N-ethyl adjacent to an activating group) is 1. The van der Waals surface area contributed by atoms with Crippen molar-refractivity contribution < 1.29 is 14.3 Å². The Labute approximate surface area is 193 Å². The maximum absolute atomic E-state index is 13.3. The molecule has 2 heterocycles. The van der Waals surface area contributed by atoms with Gasteiger partial charge in [0.05, 0.1) is 15.8 Å². The van der Waals surface area contributed by atoms with Gasteiger partial charge >= 0.3 is 0 Å². The summed E-state index contributed by atoms with van der Waals surface area (Å²) in [5, 5.41) is 0.684. The van der Waals surface area contributed by atoms with Crippen LogP contribution < -0.4 is 14.4 Å². The first-order valence-electron chi connectivity index (χ1n) is 8.94. The summed E-state index contributed by atoms with van der Waals surface area (Å²) in [6, 6.07) is 11.5. The fraction of sp³-hybridized carbons (Fsp3) is 0.300. The summed E-state index contributed by atoms with van der Waals surface area (Å²) >= 11 is 3.70. The van der Waals surface area contributed by atoms with E-state index in [2.05, 4.69) is 27.5 Å². The van der Waals surface area contributed by atoms with Crippen LogP contribution in [-0.2, 0) is 0 Å². The molecule has 0 N–H and O–H groups in total. The molecule has 2 aromatic carbocycles. The molecule has 6 nitrogen and oxygen atoms in total. The van der Waals surface area contributed by atoms with Gasteiger partial charge in [-0.1, -0.05) is 23.5 Å². The maximum atomic E-state index is 13.3. The Morgan fingerprint density at radius 1 is 1.14 bits per heavy atom. The van der Waals surface area contributed by atoms with E-state index >= 15 is 0 Å². The van der Waals surface area contributed by atoms with Crippen molar-refractivity contribution in [3.8, 4) is 11.5 Å². The van der Waals surface area contributed by atoms with Crippen LogP contribution in [0.2, 0.25) is 0 Å². The van der Waals surface area contributed by atoms with Crippen LogP contribution in [0, 0.1) is 3.57 Å². The van der Waals surface area contributed by atoms with Crippen LogP contribution in [-0.4, -0.2) is 56.2 Å². The van der Waals surface area contributed by atoms with E-state index in [1.54, 1.807) is 4.90 Å². The van der Waals surface area contributed by atoms with Gasteiger partial charge in [0.25, 0.3) is 5.91 Å². The molecule has 3 aromatic rings. The van der Waals surface area contributed by atoms with Crippen molar-refractivity contribution in [1.29, 1.82) is 0 Å². The van der Waals surface area contributed by atoms with E-state index in [-0.39, 0.29) is 18.3 Å². The summed E-state index contributed by atoms with van der Waals surface area (Å²) in [6.45, 7) is 2.39. The molecule has 0 bridgehead atoms. The molecule has 0 aliphatic carbocycles. The van der Waals surface area contributed by atoms with Gasteiger partial charge in [-0.05, 0) is 48.8 Å². The van der Waals surface area contributed by atoms with Gasteiger partial charge in [0.15, 0.2) is 16.6 Å². The summed E-state index contributed by atoms with van der Waals surface area (Å²) in [5.74, 6) is 1.40. The quantitative estimate of drug-likeness (QED) is 0.448. The van der Waals surface area contributed by atoms with Crippen molar-refractivity contribution in [3.63, 3.8) is 0 Å². The number of benzene rings is 2. The van der Waals surface area contributed by atoms with Crippen LogP contribution in [0.15, 0.2) is 36.4 Å². The van der Waals surface area contributed by atoms with Crippen molar-refractivity contribution in [2.24, 2.45) is 0 Å². The monoisotopic (exact) mass is 545 g/mol. The van der Waals surface area contributed by atoms with Crippen LogP contribution in [0.25, 0.3) is 10.2 Å². The molecule has 1 aliphatic rings. The lowest BCUT2D eigenvalue weighted by molar-refractivity contribution is 0.0984. The largest absolute Gasteiger partial charge is 0.486 e. The van der Waals surface area contributed by atoms with Gasteiger partial charge in [-0.25, -0.2) is 4.98 Å². The third kappa shape index (κ3) is 4.76. The smallest absolute Gasteiger partial charge is 0.261 e.